The van der Waals surface area contributed by atoms with Crippen molar-refractivity contribution in [1.29, 1.82) is 0 Å². The van der Waals surface area contributed by atoms with E-state index in [1.54, 1.807) is 0 Å². The zero-order valence-corrected chi connectivity index (χ0v) is 8.82. The third kappa shape index (κ3) is 2.91. The van der Waals surface area contributed by atoms with Crippen LogP contribution in [0.25, 0.3) is 0 Å². The first-order valence-corrected chi connectivity index (χ1v) is 4.75. The molecule has 17 heavy (non-hydrogen) atoms. The minimum Gasteiger partial charge on any atom is -0.298 e. The molecule has 1 aromatic rings. The number of carbonyl (C=O) groups excluding carboxylic acids is 1. The van der Waals surface area contributed by atoms with Gasteiger partial charge in [0.25, 0.3) is 6.43 Å². The Kier molecular flexibility index (Phi) is 4.03. The van der Waals surface area contributed by atoms with Crippen molar-refractivity contribution in [3.8, 4) is 0 Å². The van der Waals surface area contributed by atoms with Crippen LogP contribution in [0.4, 0.5) is 22.0 Å². The summed E-state index contributed by atoms with van der Waals surface area (Å²) >= 11 is 5.28. The Hall–Kier alpha value is -1.24. The van der Waals surface area contributed by atoms with E-state index in [4.69, 9.17) is 11.6 Å². The third-order valence-electron chi connectivity index (χ3n) is 1.94. The van der Waals surface area contributed by atoms with Crippen LogP contribution in [-0.4, -0.2) is 11.3 Å². The molecule has 0 N–H and O–H groups in total. The van der Waals surface area contributed by atoms with Crippen LogP contribution in [-0.2, 0) is 12.1 Å². The van der Waals surface area contributed by atoms with Gasteiger partial charge in [-0.05, 0) is 6.07 Å². The minimum atomic E-state index is -4.87. The lowest BCUT2D eigenvalue weighted by Crippen LogP contribution is -2.13. The summed E-state index contributed by atoms with van der Waals surface area (Å²) in [6.45, 7) is 0. The van der Waals surface area contributed by atoms with Crippen molar-refractivity contribution >= 4 is 17.9 Å². The molecule has 0 atom stereocenters. The molecule has 0 radical (unpaired) electrons. The van der Waals surface area contributed by atoms with Gasteiger partial charge >= 0.3 is 6.18 Å². The standard InChI is InChI=1S/C9H5ClF5NO/c10-2-6-5(3-17)4(8(11)12)1-7(16-6)9(13,14)15/h1,3,8H,2H2. The molecule has 0 amide bonds. The van der Waals surface area contributed by atoms with E-state index in [0.29, 0.717) is 0 Å². The second kappa shape index (κ2) is 4.95. The van der Waals surface area contributed by atoms with Crippen LogP contribution in [0.2, 0.25) is 0 Å². The molecule has 0 saturated heterocycles. The molecule has 0 unspecified atom stereocenters. The Morgan fingerprint density at radius 1 is 1.41 bits per heavy atom. The Labute approximate surface area is 97.4 Å². The topological polar surface area (TPSA) is 30.0 Å². The number of alkyl halides is 6. The molecule has 0 aliphatic heterocycles. The Bertz CT molecular complexity index is 432. The molecule has 94 valence electrons. The van der Waals surface area contributed by atoms with Crippen molar-refractivity contribution in [1.82, 2.24) is 4.98 Å². The van der Waals surface area contributed by atoms with E-state index in [1.807, 2.05) is 0 Å². The van der Waals surface area contributed by atoms with Crippen molar-refractivity contribution < 1.29 is 26.7 Å². The van der Waals surface area contributed by atoms with Crippen LogP contribution >= 0.6 is 11.6 Å². The monoisotopic (exact) mass is 273 g/mol. The summed E-state index contributed by atoms with van der Waals surface area (Å²) in [5.41, 5.74) is -3.61. The van der Waals surface area contributed by atoms with Crippen LogP contribution in [0.15, 0.2) is 6.07 Å². The molecule has 0 spiro atoms. The van der Waals surface area contributed by atoms with E-state index in [-0.39, 0.29) is 12.4 Å². The molecule has 1 rings (SSSR count). The maximum atomic E-state index is 12.5. The van der Waals surface area contributed by atoms with E-state index in [1.165, 1.54) is 0 Å². The molecule has 0 aromatic carbocycles. The van der Waals surface area contributed by atoms with E-state index in [0.717, 1.165) is 0 Å². The van der Waals surface area contributed by atoms with Gasteiger partial charge in [-0.1, -0.05) is 0 Å². The van der Waals surface area contributed by atoms with Crippen molar-refractivity contribution in [3.63, 3.8) is 0 Å². The van der Waals surface area contributed by atoms with Crippen LogP contribution in [0, 0.1) is 0 Å². The first-order chi connectivity index (χ1) is 7.81. The maximum absolute atomic E-state index is 12.5. The number of pyridine rings is 1. The highest BCUT2D eigenvalue weighted by atomic mass is 35.5. The third-order valence-corrected chi connectivity index (χ3v) is 2.19. The normalized spacial score (nSPS) is 11.9. The number of aromatic nitrogens is 1. The SMILES string of the molecule is O=Cc1c(C(F)F)cc(C(F)(F)F)nc1CCl. The van der Waals surface area contributed by atoms with Gasteiger partial charge in [-0.15, -0.1) is 11.6 Å². The summed E-state index contributed by atoms with van der Waals surface area (Å²) in [6.07, 6.45) is -8.06. The second-order valence-electron chi connectivity index (χ2n) is 3.01. The van der Waals surface area contributed by atoms with E-state index >= 15 is 0 Å². The summed E-state index contributed by atoms with van der Waals surface area (Å²) in [7, 11) is 0. The smallest absolute Gasteiger partial charge is 0.298 e. The highest BCUT2D eigenvalue weighted by molar-refractivity contribution is 6.17. The number of nitrogens with zero attached hydrogens (tertiary/aromatic N) is 1. The largest absolute Gasteiger partial charge is 0.433 e. The summed E-state index contributed by atoms with van der Waals surface area (Å²) in [5, 5.41) is 0. The van der Waals surface area contributed by atoms with E-state index in [9.17, 15) is 26.7 Å². The highest BCUT2D eigenvalue weighted by Crippen LogP contribution is 2.33. The Morgan fingerprint density at radius 3 is 2.35 bits per heavy atom. The average Bonchev–Trinajstić information content (AvgIpc) is 2.25. The van der Waals surface area contributed by atoms with Gasteiger partial charge in [0, 0.05) is 11.1 Å². The maximum Gasteiger partial charge on any atom is 0.433 e. The van der Waals surface area contributed by atoms with Crippen molar-refractivity contribution in [2.75, 3.05) is 0 Å². The van der Waals surface area contributed by atoms with Crippen LogP contribution in [0.3, 0.4) is 0 Å². The molecule has 1 heterocycles. The van der Waals surface area contributed by atoms with Gasteiger partial charge in [-0.2, -0.15) is 13.2 Å². The number of rotatable bonds is 3. The van der Waals surface area contributed by atoms with Gasteiger partial charge < -0.3 is 0 Å². The van der Waals surface area contributed by atoms with E-state index < -0.39 is 41.0 Å². The predicted molar refractivity (Wildman–Crippen MR) is 49.1 cm³/mol. The number of hydrogen-bond donors (Lipinski definition) is 0. The van der Waals surface area contributed by atoms with Crippen molar-refractivity contribution in [2.24, 2.45) is 0 Å². The molecular formula is C9H5ClF5NO. The minimum absolute atomic E-state index is 0.0202. The molecule has 0 aliphatic rings. The van der Waals surface area contributed by atoms with Crippen molar-refractivity contribution in [3.05, 3.63) is 28.6 Å². The van der Waals surface area contributed by atoms with Gasteiger partial charge in [0.2, 0.25) is 0 Å². The number of halogens is 6. The van der Waals surface area contributed by atoms with Crippen molar-refractivity contribution in [2.45, 2.75) is 18.5 Å². The lowest BCUT2D eigenvalue weighted by atomic mass is 10.1. The summed E-state index contributed by atoms with van der Waals surface area (Å²) in [6, 6.07) is 0.157. The molecule has 0 bridgehead atoms. The van der Waals surface area contributed by atoms with E-state index in [2.05, 4.69) is 4.98 Å². The molecular weight excluding hydrogens is 269 g/mol. The zero-order chi connectivity index (χ0) is 13.2. The summed E-state index contributed by atoms with van der Waals surface area (Å²) < 4.78 is 62.0. The van der Waals surface area contributed by atoms with Gasteiger partial charge in [-0.25, -0.2) is 13.8 Å². The quantitative estimate of drug-likeness (QED) is 0.478. The number of hydrogen-bond acceptors (Lipinski definition) is 2. The average molecular weight is 274 g/mol. The highest BCUT2D eigenvalue weighted by Gasteiger charge is 2.35. The van der Waals surface area contributed by atoms with Crippen LogP contribution < -0.4 is 0 Å². The molecule has 0 fully saturated rings. The molecule has 0 aliphatic carbocycles. The fourth-order valence-corrected chi connectivity index (χ4v) is 1.40. The summed E-state index contributed by atoms with van der Waals surface area (Å²) in [5.74, 6) is -0.558. The van der Waals surface area contributed by atoms with Gasteiger partial charge in [0.1, 0.15) is 5.69 Å². The first kappa shape index (κ1) is 13.8. The first-order valence-electron chi connectivity index (χ1n) is 4.21. The Morgan fingerprint density at radius 2 is 2.00 bits per heavy atom. The van der Waals surface area contributed by atoms with Gasteiger partial charge in [-0.3, -0.25) is 4.79 Å². The lowest BCUT2D eigenvalue weighted by molar-refractivity contribution is -0.141. The molecule has 2 nitrogen and oxygen atoms in total. The van der Waals surface area contributed by atoms with Gasteiger partial charge in [0.05, 0.1) is 11.6 Å². The zero-order valence-electron chi connectivity index (χ0n) is 8.06. The fraction of sp³-hybridized carbons (Fsp3) is 0.333. The number of aldehydes is 1. The van der Waals surface area contributed by atoms with Gasteiger partial charge in [0.15, 0.2) is 6.29 Å². The van der Waals surface area contributed by atoms with Crippen LogP contribution in [0.5, 0.6) is 0 Å². The Balaban J connectivity index is 3.51. The predicted octanol–water partition coefficient (Wildman–Crippen LogP) is 3.59. The fourth-order valence-electron chi connectivity index (χ4n) is 1.19. The number of carbonyl (C=O) groups is 1. The molecule has 0 saturated carbocycles. The second-order valence-corrected chi connectivity index (χ2v) is 3.27. The summed E-state index contributed by atoms with van der Waals surface area (Å²) in [4.78, 5) is 13.6. The molecule has 8 heteroatoms. The van der Waals surface area contributed by atoms with Crippen LogP contribution in [0.1, 0.15) is 33.7 Å². The molecule has 1 aromatic heterocycles. The lowest BCUT2D eigenvalue weighted by Gasteiger charge is -2.12.